The molecule has 0 saturated carbocycles. The Balaban J connectivity index is 2.10. The summed E-state index contributed by atoms with van der Waals surface area (Å²) in [6.07, 6.45) is 2.88. The van der Waals surface area contributed by atoms with Crippen LogP contribution in [-0.4, -0.2) is 27.3 Å². The number of hydrogen-bond donors (Lipinski definition) is 0. The van der Waals surface area contributed by atoms with Crippen molar-refractivity contribution in [2.45, 2.75) is 6.61 Å². The van der Waals surface area contributed by atoms with Gasteiger partial charge >= 0.3 is 5.97 Å². The Morgan fingerprint density at radius 3 is 2.08 bits per heavy atom. The van der Waals surface area contributed by atoms with Gasteiger partial charge in [0.2, 0.25) is 5.75 Å². The summed E-state index contributed by atoms with van der Waals surface area (Å²) in [7, 11) is 4.56. The lowest BCUT2D eigenvalue weighted by Gasteiger charge is -2.12. The number of carbonyl (C=O) groups is 1. The lowest BCUT2D eigenvalue weighted by atomic mass is 10.1. The number of hydrogen-bond acceptors (Lipinski definition) is 5. The van der Waals surface area contributed by atoms with Gasteiger partial charge in [-0.25, -0.2) is 4.79 Å². The zero-order valence-corrected chi connectivity index (χ0v) is 16.1. The highest BCUT2D eigenvalue weighted by molar-refractivity contribution is 6.35. The van der Waals surface area contributed by atoms with E-state index in [9.17, 15) is 4.79 Å². The molecule has 0 aromatic heterocycles. The maximum absolute atomic E-state index is 12.0. The van der Waals surface area contributed by atoms with Gasteiger partial charge in [0, 0.05) is 21.7 Å². The van der Waals surface area contributed by atoms with Crippen LogP contribution in [0.5, 0.6) is 17.2 Å². The van der Waals surface area contributed by atoms with Crippen LogP contribution in [0.25, 0.3) is 6.08 Å². The second-order valence-corrected chi connectivity index (χ2v) is 5.91. The molecule has 0 fully saturated rings. The Labute approximate surface area is 162 Å². The zero-order chi connectivity index (χ0) is 19.1. The Hall–Kier alpha value is -2.37. The van der Waals surface area contributed by atoms with Crippen LogP contribution in [0.15, 0.2) is 36.4 Å². The molecule has 5 nitrogen and oxygen atoms in total. The Morgan fingerprint density at radius 2 is 1.58 bits per heavy atom. The molecular formula is C19H18Cl2O5. The first kappa shape index (κ1) is 19.9. The van der Waals surface area contributed by atoms with Crippen LogP contribution in [-0.2, 0) is 16.1 Å². The number of ether oxygens (including phenoxy) is 4. The van der Waals surface area contributed by atoms with Gasteiger partial charge in [0.15, 0.2) is 11.5 Å². The minimum absolute atomic E-state index is 0.0169. The van der Waals surface area contributed by atoms with Gasteiger partial charge in [-0.15, -0.1) is 0 Å². The van der Waals surface area contributed by atoms with E-state index in [-0.39, 0.29) is 6.61 Å². The molecule has 0 heterocycles. The third-order valence-electron chi connectivity index (χ3n) is 3.52. The maximum atomic E-state index is 12.0. The molecule has 0 radical (unpaired) electrons. The van der Waals surface area contributed by atoms with E-state index in [0.29, 0.717) is 38.4 Å². The smallest absolute Gasteiger partial charge is 0.331 e. The molecule has 0 atom stereocenters. The average Bonchev–Trinajstić information content (AvgIpc) is 2.64. The van der Waals surface area contributed by atoms with Crippen molar-refractivity contribution in [1.29, 1.82) is 0 Å². The van der Waals surface area contributed by atoms with Crippen LogP contribution >= 0.6 is 23.2 Å². The molecule has 0 amide bonds. The summed E-state index contributed by atoms with van der Waals surface area (Å²) in [5.41, 5.74) is 1.25. The number of rotatable bonds is 7. The standard InChI is InChI=1S/C19H18Cl2O5/c1-23-16-9-12(10-17(24-2)19(16)25-3)7-8-18(22)26-11-13-14(20)5-4-6-15(13)21/h4-10H,11H2,1-3H3. The maximum Gasteiger partial charge on any atom is 0.331 e. The molecule has 0 bridgehead atoms. The van der Waals surface area contributed by atoms with E-state index < -0.39 is 5.97 Å². The molecule has 2 aromatic rings. The summed E-state index contributed by atoms with van der Waals surface area (Å²) in [5, 5.41) is 0.887. The fourth-order valence-corrected chi connectivity index (χ4v) is 2.73. The lowest BCUT2D eigenvalue weighted by molar-refractivity contribution is -0.138. The van der Waals surface area contributed by atoms with Gasteiger partial charge < -0.3 is 18.9 Å². The highest BCUT2D eigenvalue weighted by atomic mass is 35.5. The van der Waals surface area contributed by atoms with Gasteiger partial charge in [-0.2, -0.15) is 0 Å². The van der Waals surface area contributed by atoms with Gasteiger partial charge in [-0.3, -0.25) is 0 Å². The van der Waals surface area contributed by atoms with E-state index in [1.54, 1.807) is 36.4 Å². The quantitative estimate of drug-likeness (QED) is 0.497. The van der Waals surface area contributed by atoms with Crippen LogP contribution < -0.4 is 14.2 Å². The third-order valence-corrected chi connectivity index (χ3v) is 4.23. The third kappa shape index (κ3) is 4.84. The van der Waals surface area contributed by atoms with Crippen LogP contribution in [0.2, 0.25) is 10.0 Å². The second kappa shape index (κ2) is 9.36. The molecule has 0 unspecified atom stereocenters. The zero-order valence-electron chi connectivity index (χ0n) is 14.5. The predicted molar refractivity (Wildman–Crippen MR) is 101 cm³/mol. The molecule has 0 N–H and O–H groups in total. The van der Waals surface area contributed by atoms with Crippen LogP contribution in [0.3, 0.4) is 0 Å². The van der Waals surface area contributed by atoms with E-state index in [1.165, 1.54) is 27.4 Å². The summed E-state index contributed by atoms with van der Waals surface area (Å²) >= 11 is 12.1. The molecule has 0 aliphatic heterocycles. The second-order valence-electron chi connectivity index (χ2n) is 5.10. The van der Waals surface area contributed by atoms with Crippen LogP contribution in [0, 0.1) is 0 Å². The van der Waals surface area contributed by atoms with Crippen LogP contribution in [0.1, 0.15) is 11.1 Å². The SMILES string of the molecule is COc1cc(C=CC(=O)OCc2c(Cl)cccc2Cl)cc(OC)c1OC. The molecule has 26 heavy (non-hydrogen) atoms. The molecule has 0 spiro atoms. The van der Waals surface area contributed by atoms with Gasteiger partial charge in [0.05, 0.1) is 21.3 Å². The minimum Gasteiger partial charge on any atom is -0.493 e. The van der Waals surface area contributed by atoms with Gasteiger partial charge in [-0.05, 0) is 35.9 Å². The number of halogens is 2. The summed E-state index contributed by atoms with van der Waals surface area (Å²) in [6.45, 7) is -0.0169. The molecule has 7 heteroatoms. The lowest BCUT2D eigenvalue weighted by Crippen LogP contribution is -2.02. The van der Waals surface area contributed by atoms with E-state index in [4.69, 9.17) is 42.1 Å². The van der Waals surface area contributed by atoms with Crippen molar-refractivity contribution in [3.63, 3.8) is 0 Å². The molecular weight excluding hydrogens is 379 g/mol. The molecule has 138 valence electrons. The Morgan fingerprint density at radius 1 is 1.00 bits per heavy atom. The average molecular weight is 397 g/mol. The number of methoxy groups -OCH3 is 3. The summed E-state index contributed by atoms with van der Waals surface area (Å²) in [6, 6.07) is 8.52. The van der Waals surface area contributed by atoms with E-state index in [2.05, 4.69) is 0 Å². The largest absolute Gasteiger partial charge is 0.493 e. The monoisotopic (exact) mass is 396 g/mol. The van der Waals surface area contributed by atoms with E-state index in [0.717, 1.165) is 0 Å². The van der Waals surface area contributed by atoms with Crippen molar-refractivity contribution < 1.29 is 23.7 Å². The van der Waals surface area contributed by atoms with Gasteiger partial charge in [0.1, 0.15) is 6.61 Å². The highest BCUT2D eigenvalue weighted by Crippen LogP contribution is 2.38. The summed E-state index contributed by atoms with van der Waals surface area (Å²) in [4.78, 5) is 12.0. The topological polar surface area (TPSA) is 54.0 Å². The van der Waals surface area contributed by atoms with Crippen molar-refractivity contribution in [3.05, 3.63) is 57.6 Å². The summed E-state index contributed by atoms with van der Waals surface area (Å²) in [5.74, 6) is 0.920. The van der Waals surface area contributed by atoms with Crippen molar-refractivity contribution in [2.24, 2.45) is 0 Å². The van der Waals surface area contributed by atoms with Crippen molar-refractivity contribution in [3.8, 4) is 17.2 Å². The number of esters is 1. The van der Waals surface area contributed by atoms with Crippen molar-refractivity contribution >= 4 is 35.2 Å². The normalized spacial score (nSPS) is 10.7. The first-order chi connectivity index (χ1) is 12.5. The van der Waals surface area contributed by atoms with Gasteiger partial charge in [-0.1, -0.05) is 29.3 Å². The first-order valence-corrected chi connectivity index (χ1v) is 8.33. The van der Waals surface area contributed by atoms with E-state index in [1.807, 2.05) is 0 Å². The predicted octanol–water partition coefficient (Wildman–Crippen LogP) is 4.78. The first-order valence-electron chi connectivity index (χ1n) is 7.57. The molecule has 0 aliphatic rings. The Bertz CT molecular complexity index is 772. The van der Waals surface area contributed by atoms with Crippen LogP contribution in [0.4, 0.5) is 0 Å². The Kier molecular flexibility index (Phi) is 7.18. The number of benzene rings is 2. The molecule has 2 aromatic carbocycles. The molecule has 2 rings (SSSR count). The fourth-order valence-electron chi connectivity index (χ4n) is 2.22. The van der Waals surface area contributed by atoms with E-state index >= 15 is 0 Å². The summed E-state index contributed by atoms with van der Waals surface area (Å²) < 4.78 is 21.0. The van der Waals surface area contributed by atoms with Gasteiger partial charge in [0.25, 0.3) is 0 Å². The fraction of sp³-hybridized carbons (Fsp3) is 0.211. The minimum atomic E-state index is -0.533. The van der Waals surface area contributed by atoms with Crippen molar-refractivity contribution in [1.82, 2.24) is 0 Å². The van der Waals surface area contributed by atoms with Crippen molar-refractivity contribution in [2.75, 3.05) is 21.3 Å². The highest BCUT2D eigenvalue weighted by Gasteiger charge is 2.12. The molecule has 0 saturated heterocycles. The molecule has 0 aliphatic carbocycles. The number of carbonyl (C=O) groups excluding carboxylic acids is 1.